The van der Waals surface area contributed by atoms with E-state index < -0.39 is 30.2 Å². The van der Waals surface area contributed by atoms with Crippen molar-refractivity contribution in [3.05, 3.63) is 107 Å². The summed E-state index contributed by atoms with van der Waals surface area (Å²) in [4.78, 5) is 53.9. The summed E-state index contributed by atoms with van der Waals surface area (Å²) in [6, 6.07) is 24.9. The fraction of sp³-hybridized carbons (Fsp3) is 0.200. The highest BCUT2D eigenvalue weighted by molar-refractivity contribution is 7.81. The third-order valence-corrected chi connectivity index (χ3v) is 8.45. The lowest BCUT2D eigenvalue weighted by molar-refractivity contribution is -0.147. The Hall–Kier alpha value is -5.29. The van der Waals surface area contributed by atoms with Gasteiger partial charge in [-0.15, -0.1) is 0 Å². The molecule has 2 aliphatic rings. The number of hydrogen-bond donors (Lipinski definition) is 3. The van der Waals surface area contributed by atoms with E-state index in [1.54, 1.807) is 24.1 Å². The minimum Gasteiger partial charge on any atom is -0.457 e. The molecule has 0 bridgehead atoms. The number of nitrogens with zero attached hydrogens (tertiary/aromatic N) is 2. The predicted octanol–water partition coefficient (Wildman–Crippen LogP) is 6.28. The fourth-order valence-electron chi connectivity index (χ4n) is 6.23. The molecular weight excluding hydrogens is 604 g/mol. The molecule has 0 saturated heterocycles. The van der Waals surface area contributed by atoms with E-state index >= 15 is 0 Å². The number of hydrogen-bond acceptors (Lipinski definition) is 7. The zero-order valence-corrected chi connectivity index (χ0v) is 26.1. The zero-order chi connectivity index (χ0) is 32.5. The molecule has 0 spiro atoms. The van der Waals surface area contributed by atoms with Crippen LogP contribution in [0, 0.1) is 0 Å². The molecule has 46 heavy (non-hydrogen) atoms. The summed E-state index contributed by atoms with van der Waals surface area (Å²) in [5.41, 5.74) is 12.7. The summed E-state index contributed by atoms with van der Waals surface area (Å²) in [7, 11) is 1.56. The normalized spacial score (nSPS) is 16.4. The number of esters is 2. The van der Waals surface area contributed by atoms with Gasteiger partial charge < -0.3 is 20.5 Å². The number of benzene rings is 4. The Bertz CT molecular complexity index is 1880. The number of nitrogens with two attached hydrogens (primary N) is 1. The monoisotopic (exact) mass is 636 g/mol. The molecule has 0 aliphatic carbocycles. The standard InChI is InChI=1S/C35H32N4O6S/c1-20(40)44-31-17-23-7-3-5-9-27(23)39(35(43)37-2)30-16-22(13-14-26(30)31)21-11-12-24-18-32(45-33(41)19-46)25-8-4-6-10-28(25)38(34(36)42)29(24)15-21/h3-16,31-32,46H,17-19H2,1-2H3,(H2,36,42)(H,37,43). The van der Waals surface area contributed by atoms with Crippen LogP contribution in [0.25, 0.3) is 11.1 Å². The number of ether oxygens (including phenoxy) is 2. The lowest BCUT2D eigenvalue weighted by atomic mass is 9.95. The quantitative estimate of drug-likeness (QED) is 0.179. The van der Waals surface area contributed by atoms with Gasteiger partial charge in [0, 0.05) is 37.9 Å². The van der Waals surface area contributed by atoms with Crippen molar-refractivity contribution >= 4 is 59.4 Å². The maximum atomic E-state index is 13.4. The van der Waals surface area contributed by atoms with E-state index in [9.17, 15) is 19.2 Å². The fourth-order valence-corrected chi connectivity index (χ4v) is 6.31. The van der Waals surface area contributed by atoms with Gasteiger partial charge in [0.15, 0.2) is 0 Å². The number of thiol groups is 1. The number of carbonyl (C=O) groups excluding carboxylic acids is 4. The van der Waals surface area contributed by atoms with Crippen molar-refractivity contribution in [2.24, 2.45) is 5.73 Å². The van der Waals surface area contributed by atoms with Crippen molar-refractivity contribution in [1.29, 1.82) is 0 Å². The van der Waals surface area contributed by atoms with Gasteiger partial charge in [-0.2, -0.15) is 12.6 Å². The Morgan fingerprint density at radius 1 is 0.761 bits per heavy atom. The molecule has 11 heteroatoms. The third-order valence-electron chi connectivity index (χ3n) is 8.19. The number of amides is 4. The van der Waals surface area contributed by atoms with Crippen LogP contribution < -0.4 is 20.9 Å². The van der Waals surface area contributed by atoms with Gasteiger partial charge >= 0.3 is 24.0 Å². The molecule has 10 nitrogen and oxygen atoms in total. The maximum absolute atomic E-state index is 13.4. The number of anilines is 4. The molecule has 4 aromatic rings. The van der Waals surface area contributed by atoms with Crippen molar-refractivity contribution in [3.8, 4) is 11.1 Å². The number of fused-ring (bicyclic) bond motifs is 4. The first-order chi connectivity index (χ1) is 22.2. The number of primary amides is 1. The molecule has 0 saturated carbocycles. The van der Waals surface area contributed by atoms with E-state index in [0.717, 1.165) is 22.3 Å². The minimum atomic E-state index is -0.694. The van der Waals surface area contributed by atoms with Crippen molar-refractivity contribution in [3.63, 3.8) is 0 Å². The predicted molar refractivity (Wildman–Crippen MR) is 178 cm³/mol. The maximum Gasteiger partial charge on any atom is 0.326 e. The van der Waals surface area contributed by atoms with Crippen LogP contribution in [0.4, 0.5) is 32.3 Å². The SMILES string of the molecule is CNC(=O)N1c2ccccc2CC(OC(C)=O)c2ccc(-c3ccc4c(c3)N(C(N)=O)c3ccccc3C(OC(=O)CS)C4)cc21. The van der Waals surface area contributed by atoms with Crippen molar-refractivity contribution in [1.82, 2.24) is 5.32 Å². The molecule has 3 N–H and O–H groups in total. The van der Waals surface area contributed by atoms with Crippen molar-refractivity contribution in [2.45, 2.75) is 32.0 Å². The van der Waals surface area contributed by atoms with Crippen LogP contribution in [0.5, 0.6) is 0 Å². The lowest BCUT2D eigenvalue weighted by Crippen LogP contribution is -2.35. The van der Waals surface area contributed by atoms with Crippen LogP contribution in [0.1, 0.15) is 41.4 Å². The van der Waals surface area contributed by atoms with E-state index in [1.807, 2.05) is 72.8 Å². The van der Waals surface area contributed by atoms with E-state index in [2.05, 4.69) is 17.9 Å². The Balaban J connectivity index is 1.51. The molecule has 2 heterocycles. The van der Waals surface area contributed by atoms with Crippen molar-refractivity contribution in [2.75, 3.05) is 22.6 Å². The third kappa shape index (κ3) is 5.65. The minimum absolute atomic E-state index is 0.0851. The largest absolute Gasteiger partial charge is 0.457 e. The number of para-hydroxylation sites is 2. The average Bonchev–Trinajstić information content (AvgIpc) is 3.27. The summed E-state index contributed by atoms with van der Waals surface area (Å²) >= 11 is 4.06. The van der Waals surface area contributed by atoms with Crippen LogP contribution in [0.3, 0.4) is 0 Å². The highest BCUT2D eigenvalue weighted by atomic mass is 32.1. The molecular formula is C35H32N4O6S. The first-order valence-electron chi connectivity index (χ1n) is 14.7. The molecule has 6 rings (SSSR count). The van der Waals surface area contributed by atoms with Gasteiger partial charge in [0.25, 0.3) is 0 Å². The van der Waals surface area contributed by atoms with Gasteiger partial charge in [-0.1, -0.05) is 60.7 Å². The summed E-state index contributed by atoms with van der Waals surface area (Å²) in [5, 5.41) is 2.74. The first kappa shape index (κ1) is 30.7. The average molecular weight is 637 g/mol. The zero-order valence-electron chi connectivity index (χ0n) is 25.2. The van der Waals surface area contributed by atoms with Gasteiger partial charge in [-0.25, -0.2) is 9.59 Å². The van der Waals surface area contributed by atoms with E-state index in [1.165, 1.54) is 11.8 Å². The van der Waals surface area contributed by atoms with Crippen LogP contribution in [0.2, 0.25) is 0 Å². The smallest absolute Gasteiger partial charge is 0.326 e. The molecule has 0 fully saturated rings. The first-order valence-corrected chi connectivity index (χ1v) is 15.4. The molecule has 2 unspecified atom stereocenters. The van der Waals surface area contributed by atoms with Gasteiger partial charge in [-0.05, 0) is 46.5 Å². The summed E-state index contributed by atoms with van der Waals surface area (Å²) in [6.07, 6.45) is -0.578. The topological polar surface area (TPSA) is 131 Å². The molecule has 4 aromatic carbocycles. The second-order valence-electron chi connectivity index (χ2n) is 11.0. The van der Waals surface area contributed by atoms with Gasteiger partial charge in [-0.3, -0.25) is 19.4 Å². The number of rotatable bonds is 4. The van der Waals surface area contributed by atoms with Crippen LogP contribution >= 0.6 is 12.6 Å². The summed E-state index contributed by atoms with van der Waals surface area (Å²) < 4.78 is 11.5. The van der Waals surface area contributed by atoms with E-state index in [0.29, 0.717) is 46.7 Å². The van der Waals surface area contributed by atoms with E-state index in [4.69, 9.17) is 15.2 Å². The van der Waals surface area contributed by atoms with Crippen LogP contribution in [-0.4, -0.2) is 36.8 Å². The Morgan fingerprint density at radius 3 is 2.02 bits per heavy atom. The summed E-state index contributed by atoms with van der Waals surface area (Å²) in [6.45, 7) is 1.36. The highest BCUT2D eigenvalue weighted by Gasteiger charge is 2.34. The number of urea groups is 2. The second-order valence-corrected chi connectivity index (χ2v) is 11.3. The molecule has 234 valence electrons. The van der Waals surface area contributed by atoms with Crippen LogP contribution in [-0.2, 0) is 31.9 Å². The Kier molecular flexibility index (Phi) is 8.42. The van der Waals surface area contributed by atoms with Gasteiger partial charge in [0.05, 0.1) is 28.5 Å². The lowest BCUT2D eigenvalue weighted by Gasteiger charge is -2.26. The molecule has 0 radical (unpaired) electrons. The highest BCUT2D eigenvalue weighted by Crippen LogP contribution is 2.46. The molecule has 0 aromatic heterocycles. The number of carbonyl (C=O) groups is 4. The number of nitrogens with one attached hydrogen (secondary N) is 1. The van der Waals surface area contributed by atoms with Gasteiger partial charge in [0.1, 0.15) is 12.2 Å². The van der Waals surface area contributed by atoms with Gasteiger partial charge in [0.2, 0.25) is 0 Å². The van der Waals surface area contributed by atoms with E-state index in [-0.39, 0.29) is 11.8 Å². The van der Waals surface area contributed by atoms with Crippen LogP contribution in [0.15, 0.2) is 84.9 Å². The Morgan fingerprint density at radius 2 is 1.35 bits per heavy atom. The molecule has 2 atom stereocenters. The second kappa shape index (κ2) is 12.6. The Labute approximate surface area is 271 Å². The summed E-state index contributed by atoms with van der Waals surface area (Å²) in [5.74, 6) is -0.993. The van der Waals surface area contributed by atoms with Crippen molar-refractivity contribution < 1.29 is 28.7 Å². The molecule has 4 amide bonds. The molecule has 2 aliphatic heterocycles.